The minimum absolute atomic E-state index is 0.0786. The second kappa shape index (κ2) is 8.37. The van der Waals surface area contributed by atoms with Gasteiger partial charge in [-0.2, -0.15) is 0 Å². The molecule has 5 atom stereocenters. The van der Waals surface area contributed by atoms with Crippen molar-refractivity contribution in [3.8, 4) is 0 Å². The van der Waals surface area contributed by atoms with Gasteiger partial charge < -0.3 is 30.4 Å². The summed E-state index contributed by atoms with van der Waals surface area (Å²) in [5, 5.41) is 51.6. The summed E-state index contributed by atoms with van der Waals surface area (Å²) in [6.07, 6.45) is -3.83. The first-order chi connectivity index (χ1) is 13.0. The first kappa shape index (κ1) is 22.6. The number of alkyl halides is 1. The minimum Gasteiger partial charge on any atom is -0.394 e. The smallest absolute Gasteiger partial charge is 0.332 e. The molecule has 0 amide bonds. The molecule has 160 valence electrons. The van der Waals surface area contributed by atoms with Crippen molar-refractivity contribution < 1.29 is 34.8 Å². The Morgan fingerprint density at radius 3 is 2.61 bits per heavy atom. The molecule has 0 aromatic carbocycles. The van der Waals surface area contributed by atoms with Crippen molar-refractivity contribution in [3.05, 3.63) is 32.6 Å². The summed E-state index contributed by atoms with van der Waals surface area (Å²) in [5.41, 5.74) is -5.39. The maximum absolute atomic E-state index is 14.6. The molecule has 1 aromatic rings. The third kappa shape index (κ3) is 3.52. The number of halogens is 1. The molecule has 28 heavy (non-hydrogen) atoms. The molecule has 12 heteroatoms. The van der Waals surface area contributed by atoms with Crippen LogP contribution in [0.3, 0.4) is 0 Å². The number of hydroxylamine groups is 2. The average Bonchev–Trinajstić information content (AvgIpc) is 2.86. The molecule has 0 aliphatic carbocycles. The maximum Gasteiger partial charge on any atom is 0.332 e. The number of unbranched alkanes of at least 4 members (excludes halogenated alkanes) is 2. The first-order valence-electron chi connectivity index (χ1n) is 8.91. The van der Waals surface area contributed by atoms with E-state index < -0.39 is 48.0 Å². The Bertz CT molecular complexity index is 801. The van der Waals surface area contributed by atoms with Gasteiger partial charge in [-0.3, -0.25) is 9.78 Å². The lowest BCUT2D eigenvalue weighted by Gasteiger charge is -2.43. The Labute approximate surface area is 159 Å². The molecule has 0 bridgehead atoms. The van der Waals surface area contributed by atoms with Gasteiger partial charge in [0.05, 0.1) is 6.61 Å². The van der Waals surface area contributed by atoms with Gasteiger partial charge in [0.1, 0.15) is 12.2 Å². The quantitative estimate of drug-likeness (QED) is 0.129. The van der Waals surface area contributed by atoms with Gasteiger partial charge in [0.2, 0.25) is 5.72 Å². The van der Waals surface area contributed by atoms with E-state index in [0.717, 1.165) is 12.6 Å². The number of aromatic amines is 1. The molecule has 11 nitrogen and oxygen atoms in total. The van der Waals surface area contributed by atoms with Crippen LogP contribution in [0.4, 0.5) is 4.39 Å². The number of aliphatic hydroxyl groups is 4. The van der Waals surface area contributed by atoms with Crippen molar-refractivity contribution in [1.82, 2.24) is 14.6 Å². The zero-order valence-corrected chi connectivity index (χ0v) is 15.6. The number of H-pyrrole nitrogens is 1. The monoisotopic (exact) mass is 407 g/mol. The molecule has 2 heterocycles. The van der Waals surface area contributed by atoms with Crippen molar-refractivity contribution in [2.24, 2.45) is 0 Å². The Morgan fingerprint density at radius 1 is 1.39 bits per heavy atom. The summed E-state index contributed by atoms with van der Waals surface area (Å²) in [5.74, 6) is -3.23. The Hall–Kier alpha value is -1.67. The van der Waals surface area contributed by atoms with Crippen LogP contribution in [-0.2, 0) is 10.6 Å². The SMILES string of the molecule is CCCCCC(F)N(O)[C@@]1(O)[C@H](O)[C@@H](CO)O[C@@]1(O)n1cc(C)c(=O)[nH]c1=O. The zero-order valence-electron chi connectivity index (χ0n) is 15.6. The lowest BCUT2D eigenvalue weighted by Crippen LogP contribution is -2.69. The number of aryl methyl sites for hydroxylation is 1. The van der Waals surface area contributed by atoms with E-state index in [4.69, 9.17) is 4.74 Å². The Balaban J connectivity index is 2.55. The van der Waals surface area contributed by atoms with Crippen molar-refractivity contribution in [2.75, 3.05) is 6.61 Å². The van der Waals surface area contributed by atoms with Crippen LogP contribution < -0.4 is 11.2 Å². The third-order valence-electron chi connectivity index (χ3n) is 4.85. The molecule has 1 fully saturated rings. The summed E-state index contributed by atoms with van der Waals surface area (Å²) in [4.78, 5) is 25.6. The molecule has 1 aromatic heterocycles. The van der Waals surface area contributed by atoms with E-state index in [1.807, 2.05) is 11.9 Å². The number of aliphatic hydroxyl groups excluding tert-OH is 2. The van der Waals surface area contributed by atoms with Crippen LogP contribution in [0.2, 0.25) is 0 Å². The van der Waals surface area contributed by atoms with Crippen LogP contribution in [0, 0.1) is 6.92 Å². The summed E-state index contributed by atoms with van der Waals surface area (Å²) < 4.78 is 19.9. The third-order valence-corrected chi connectivity index (χ3v) is 4.85. The van der Waals surface area contributed by atoms with Crippen molar-refractivity contribution in [2.45, 2.75) is 69.7 Å². The predicted octanol–water partition coefficient (Wildman–Crippen LogP) is -1.54. The van der Waals surface area contributed by atoms with Crippen molar-refractivity contribution >= 4 is 0 Å². The van der Waals surface area contributed by atoms with Gasteiger partial charge in [-0.1, -0.05) is 19.8 Å². The van der Waals surface area contributed by atoms with E-state index in [1.165, 1.54) is 6.92 Å². The highest BCUT2D eigenvalue weighted by molar-refractivity contribution is 5.09. The van der Waals surface area contributed by atoms with Gasteiger partial charge in [0, 0.05) is 11.8 Å². The largest absolute Gasteiger partial charge is 0.394 e. The van der Waals surface area contributed by atoms with Gasteiger partial charge >= 0.3 is 11.6 Å². The number of nitrogens with zero attached hydrogens (tertiary/aromatic N) is 2. The second-order valence-electron chi connectivity index (χ2n) is 6.83. The molecule has 2 rings (SSSR count). The van der Waals surface area contributed by atoms with Crippen LogP contribution in [0.5, 0.6) is 0 Å². The number of hydrogen-bond donors (Lipinski definition) is 6. The highest BCUT2D eigenvalue weighted by Gasteiger charge is 2.71. The van der Waals surface area contributed by atoms with E-state index in [1.54, 1.807) is 0 Å². The zero-order chi connectivity index (χ0) is 21.3. The molecule has 1 saturated heterocycles. The fraction of sp³-hybridized carbons (Fsp3) is 0.750. The van der Waals surface area contributed by atoms with E-state index in [-0.39, 0.29) is 17.0 Å². The highest BCUT2D eigenvalue weighted by Crippen LogP contribution is 2.44. The Kier molecular flexibility index (Phi) is 6.76. The fourth-order valence-corrected chi connectivity index (χ4v) is 3.16. The summed E-state index contributed by atoms with van der Waals surface area (Å²) in [7, 11) is 0. The van der Waals surface area contributed by atoms with Crippen LogP contribution in [0.15, 0.2) is 15.8 Å². The standard InChI is InChI=1S/C16H26FN3O8/c1-3-4-5-6-11(17)20(27)15(25)12(22)10(8-21)28-16(15,26)19-7-9(2)13(23)18-14(19)24/h7,10-12,21-22,25-27H,3-6,8H2,1-2H3,(H,18,23,24)/t10-,11?,12-,15-,16-/m1/s1. The lowest BCUT2D eigenvalue weighted by atomic mass is 10.00. The molecule has 0 spiro atoms. The van der Waals surface area contributed by atoms with Gasteiger partial charge in [-0.15, -0.1) is 5.06 Å². The number of rotatable bonds is 8. The molecular formula is C16H26FN3O8. The summed E-state index contributed by atoms with van der Waals surface area (Å²) in [6.45, 7) is 2.23. The Morgan fingerprint density at radius 2 is 2.04 bits per heavy atom. The van der Waals surface area contributed by atoms with Crippen LogP contribution in [0.1, 0.15) is 38.2 Å². The van der Waals surface area contributed by atoms with Gasteiger partial charge in [0.15, 0.2) is 6.30 Å². The van der Waals surface area contributed by atoms with E-state index >= 15 is 0 Å². The average molecular weight is 407 g/mol. The fourth-order valence-electron chi connectivity index (χ4n) is 3.16. The van der Waals surface area contributed by atoms with E-state index in [0.29, 0.717) is 17.4 Å². The number of ether oxygens (including phenoxy) is 1. The van der Waals surface area contributed by atoms with Crippen LogP contribution in [-0.4, -0.2) is 71.1 Å². The molecule has 1 aliphatic heterocycles. The van der Waals surface area contributed by atoms with E-state index in [9.17, 15) is 39.6 Å². The first-order valence-corrected chi connectivity index (χ1v) is 8.91. The van der Waals surface area contributed by atoms with Crippen LogP contribution >= 0.6 is 0 Å². The molecule has 0 radical (unpaired) electrons. The molecular weight excluding hydrogens is 381 g/mol. The number of nitrogens with one attached hydrogen (secondary N) is 1. The maximum atomic E-state index is 14.6. The molecule has 0 saturated carbocycles. The van der Waals surface area contributed by atoms with Gasteiger partial charge in [0.25, 0.3) is 5.56 Å². The lowest BCUT2D eigenvalue weighted by molar-refractivity contribution is -0.428. The number of hydrogen-bond acceptors (Lipinski definition) is 9. The van der Waals surface area contributed by atoms with Crippen molar-refractivity contribution in [3.63, 3.8) is 0 Å². The van der Waals surface area contributed by atoms with Crippen LogP contribution in [0.25, 0.3) is 0 Å². The van der Waals surface area contributed by atoms with Gasteiger partial charge in [-0.05, 0) is 19.8 Å². The minimum atomic E-state index is -3.28. The van der Waals surface area contributed by atoms with E-state index in [2.05, 4.69) is 0 Å². The van der Waals surface area contributed by atoms with Crippen molar-refractivity contribution in [1.29, 1.82) is 0 Å². The number of aromatic nitrogens is 2. The molecule has 6 N–H and O–H groups in total. The van der Waals surface area contributed by atoms with Gasteiger partial charge in [-0.25, -0.2) is 13.8 Å². The predicted molar refractivity (Wildman–Crippen MR) is 91.8 cm³/mol. The summed E-state index contributed by atoms with van der Waals surface area (Å²) in [6, 6.07) is 0. The molecule has 1 unspecified atom stereocenters. The normalized spacial score (nSPS) is 31.5. The topological polar surface area (TPSA) is 168 Å². The molecule has 1 aliphatic rings. The summed E-state index contributed by atoms with van der Waals surface area (Å²) >= 11 is 0. The highest BCUT2D eigenvalue weighted by atomic mass is 19.1. The second-order valence-corrected chi connectivity index (χ2v) is 6.83.